The van der Waals surface area contributed by atoms with Crippen LogP contribution >= 0.6 is 0 Å². The van der Waals surface area contributed by atoms with Gasteiger partial charge in [0.05, 0.1) is 44.3 Å². The van der Waals surface area contributed by atoms with Gasteiger partial charge in [0.25, 0.3) is 0 Å². The fourth-order valence-corrected chi connectivity index (χ4v) is 3.78. The molecule has 0 aliphatic heterocycles. The Balaban J connectivity index is 2.15. The molecule has 0 spiro atoms. The van der Waals surface area contributed by atoms with Crippen LogP contribution in [0.4, 0.5) is 0 Å². The molecular formula is C24H8N6. The van der Waals surface area contributed by atoms with Gasteiger partial charge in [0.1, 0.15) is 24.3 Å². The number of benzene rings is 4. The van der Waals surface area contributed by atoms with Gasteiger partial charge in [0, 0.05) is 10.8 Å². The average Bonchev–Trinajstić information content (AvgIpc) is 2.81. The maximum atomic E-state index is 9.50. The third kappa shape index (κ3) is 2.26. The lowest BCUT2D eigenvalue weighted by Gasteiger charge is -2.12. The maximum absolute atomic E-state index is 9.50. The Labute approximate surface area is 170 Å². The summed E-state index contributed by atoms with van der Waals surface area (Å²) in [6.07, 6.45) is 0. The van der Waals surface area contributed by atoms with Crippen molar-refractivity contribution in [2.45, 2.75) is 0 Å². The van der Waals surface area contributed by atoms with Gasteiger partial charge in [-0.3, -0.25) is 0 Å². The van der Waals surface area contributed by atoms with E-state index in [0.29, 0.717) is 43.6 Å². The van der Waals surface area contributed by atoms with E-state index in [1.807, 2.05) is 24.3 Å². The van der Waals surface area contributed by atoms with Gasteiger partial charge in [0.15, 0.2) is 0 Å². The minimum Gasteiger partial charge on any atom is -0.244 e. The Bertz CT molecular complexity index is 1610. The van der Waals surface area contributed by atoms with Crippen LogP contribution in [-0.2, 0) is 0 Å². The molecule has 0 aliphatic carbocycles. The highest BCUT2D eigenvalue weighted by atomic mass is 14.8. The van der Waals surface area contributed by atoms with Crippen molar-refractivity contribution in [3.05, 3.63) is 70.8 Å². The summed E-state index contributed by atoms with van der Waals surface area (Å²) in [6, 6.07) is 22.2. The highest BCUT2D eigenvalue weighted by Crippen LogP contribution is 2.36. The summed E-state index contributed by atoms with van der Waals surface area (Å²) in [6.45, 7) is 0. The Morgan fingerprint density at radius 2 is 0.833 bits per heavy atom. The predicted molar refractivity (Wildman–Crippen MR) is 111 cm³/mol. The zero-order chi connectivity index (χ0) is 20.8. The summed E-state index contributed by atoms with van der Waals surface area (Å²) in [5.74, 6) is 0. The number of hydrogen-bond acceptors (Lipinski definition) is 6. The minimum absolute atomic E-state index is 0.238. The van der Waals surface area contributed by atoms with Gasteiger partial charge < -0.3 is 0 Å². The van der Waals surface area contributed by atoms with Gasteiger partial charge in [-0.15, -0.1) is 0 Å². The summed E-state index contributed by atoms with van der Waals surface area (Å²) in [4.78, 5) is 9.56. The molecule has 6 heteroatoms. The van der Waals surface area contributed by atoms with Crippen LogP contribution in [0.5, 0.6) is 0 Å². The molecule has 0 bridgehead atoms. The Morgan fingerprint density at radius 3 is 1.17 bits per heavy atom. The molecule has 134 valence electrons. The Morgan fingerprint density at radius 1 is 0.500 bits per heavy atom. The van der Waals surface area contributed by atoms with Crippen LogP contribution in [0.2, 0.25) is 0 Å². The quantitative estimate of drug-likeness (QED) is 0.286. The van der Waals surface area contributed by atoms with E-state index < -0.39 is 0 Å². The van der Waals surface area contributed by atoms with E-state index in [4.69, 9.17) is 9.97 Å². The first-order valence-corrected chi connectivity index (χ1v) is 8.93. The molecule has 6 nitrogen and oxygen atoms in total. The molecule has 0 amide bonds. The molecule has 0 saturated heterocycles. The first-order valence-electron chi connectivity index (χ1n) is 8.93. The molecule has 1 heterocycles. The van der Waals surface area contributed by atoms with Crippen molar-refractivity contribution in [1.29, 1.82) is 21.0 Å². The molecule has 4 aromatic carbocycles. The van der Waals surface area contributed by atoms with E-state index >= 15 is 0 Å². The van der Waals surface area contributed by atoms with Crippen molar-refractivity contribution in [3.63, 3.8) is 0 Å². The molecule has 5 aromatic rings. The van der Waals surface area contributed by atoms with Crippen molar-refractivity contribution in [3.8, 4) is 24.3 Å². The Kier molecular flexibility index (Phi) is 3.56. The van der Waals surface area contributed by atoms with E-state index in [2.05, 4.69) is 24.3 Å². The number of nitriles is 4. The van der Waals surface area contributed by atoms with E-state index in [1.54, 1.807) is 24.3 Å². The van der Waals surface area contributed by atoms with Gasteiger partial charge >= 0.3 is 0 Å². The highest BCUT2D eigenvalue weighted by Gasteiger charge is 2.17. The van der Waals surface area contributed by atoms with Gasteiger partial charge in [-0.2, -0.15) is 21.0 Å². The van der Waals surface area contributed by atoms with E-state index in [9.17, 15) is 21.0 Å². The van der Waals surface area contributed by atoms with Crippen LogP contribution < -0.4 is 0 Å². The lowest BCUT2D eigenvalue weighted by atomic mass is 9.93. The van der Waals surface area contributed by atoms with E-state index in [-0.39, 0.29) is 22.3 Å². The molecule has 0 unspecified atom stereocenters. The largest absolute Gasteiger partial charge is 0.244 e. The number of fused-ring (bicyclic) bond motifs is 7. The molecule has 5 rings (SSSR count). The highest BCUT2D eigenvalue weighted by molar-refractivity contribution is 6.24. The fraction of sp³-hybridized carbons (Fsp3) is 0. The van der Waals surface area contributed by atoms with Crippen LogP contribution in [0.15, 0.2) is 48.5 Å². The summed E-state index contributed by atoms with van der Waals surface area (Å²) < 4.78 is 0. The fourth-order valence-electron chi connectivity index (χ4n) is 3.78. The predicted octanol–water partition coefficient (Wildman–Crippen LogP) is 4.58. The van der Waals surface area contributed by atoms with Crippen LogP contribution in [0.1, 0.15) is 22.3 Å². The van der Waals surface area contributed by atoms with Gasteiger partial charge in [-0.05, 0) is 47.2 Å². The number of nitrogens with zero attached hydrogens (tertiary/aromatic N) is 6. The zero-order valence-corrected chi connectivity index (χ0v) is 15.3. The smallest absolute Gasteiger partial charge is 0.101 e. The molecule has 0 radical (unpaired) electrons. The third-order valence-electron chi connectivity index (χ3n) is 5.17. The van der Waals surface area contributed by atoms with Crippen molar-refractivity contribution in [1.82, 2.24) is 9.97 Å². The second-order valence-electron chi connectivity index (χ2n) is 6.74. The first kappa shape index (κ1) is 17.1. The van der Waals surface area contributed by atoms with Crippen molar-refractivity contribution in [2.24, 2.45) is 0 Å². The molecule has 30 heavy (non-hydrogen) atoms. The van der Waals surface area contributed by atoms with Gasteiger partial charge in [-0.1, -0.05) is 12.1 Å². The first-order chi connectivity index (χ1) is 14.7. The summed E-state index contributed by atoms with van der Waals surface area (Å²) in [7, 11) is 0. The second kappa shape index (κ2) is 6.25. The molecular weight excluding hydrogens is 372 g/mol. The molecule has 0 atom stereocenters. The van der Waals surface area contributed by atoms with Crippen LogP contribution in [-0.4, -0.2) is 9.97 Å². The topological polar surface area (TPSA) is 121 Å². The molecule has 0 N–H and O–H groups in total. The minimum atomic E-state index is 0.238. The number of para-hydroxylation sites is 2. The molecule has 0 aliphatic rings. The summed E-state index contributed by atoms with van der Waals surface area (Å²) >= 11 is 0. The maximum Gasteiger partial charge on any atom is 0.101 e. The summed E-state index contributed by atoms with van der Waals surface area (Å²) in [5, 5.41) is 40.7. The average molecular weight is 380 g/mol. The zero-order valence-electron chi connectivity index (χ0n) is 15.3. The van der Waals surface area contributed by atoms with Crippen LogP contribution in [0.25, 0.3) is 43.6 Å². The van der Waals surface area contributed by atoms with Crippen LogP contribution in [0.3, 0.4) is 0 Å². The SMILES string of the molecule is N#Cc1cc2c3cc(C#N)c(C#N)cc3c3nc4ccccc4nc3c2cc1C#N. The van der Waals surface area contributed by atoms with E-state index in [1.165, 1.54) is 0 Å². The van der Waals surface area contributed by atoms with Crippen molar-refractivity contribution in [2.75, 3.05) is 0 Å². The lowest BCUT2D eigenvalue weighted by molar-refractivity contribution is 1.41. The molecule has 0 fully saturated rings. The standard InChI is InChI=1S/C24H8N6/c25-9-13-5-17-18-6-14(10-26)16(12-28)8-20(18)24-23(19(17)7-15(13)11-27)29-21-3-1-2-4-22(21)30-24/h1-8H. The number of rotatable bonds is 0. The molecule has 0 saturated carbocycles. The lowest BCUT2D eigenvalue weighted by Crippen LogP contribution is -1.95. The van der Waals surface area contributed by atoms with E-state index in [0.717, 1.165) is 0 Å². The molecule has 1 aromatic heterocycles. The Hall–Kier alpha value is -5.04. The van der Waals surface area contributed by atoms with Gasteiger partial charge in [-0.25, -0.2) is 9.97 Å². The van der Waals surface area contributed by atoms with Crippen molar-refractivity contribution >= 4 is 43.6 Å². The number of aromatic nitrogens is 2. The third-order valence-corrected chi connectivity index (χ3v) is 5.17. The second-order valence-corrected chi connectivity index (χ2v) is 6.74. The van der Waals surface area contributed by atoms with Crippen LogP contribution in [0, 0.1) is 45.3 Å². The van der Waals surface area contributed by atoms with Crippen molar-refractivity contribution < 1.29 is 0 Å². The number of hydrogen-bond donors (Lipinski definition) is 0. The summed E-state index contributed by atoms with van der Waals surface area (Å²) in [5.41, 5.74) is 3.51. The normalized spacial score (nSPS) is 10.5. The monoisotopic (exact) mass is 380 g/mol. The van der Waals surface area contributed by atoms with Gasteiger partial charge in [0.2, 0.25) is 0 Å².